The zero-order valence-electron chi connectivity index (χ0n) is 12.1. The van der Waals surface area contributed by atoms with Crippen LogP contribution in [0.1, 0.15) is 37.4 Å². The minimum Gasteiger partial charge on any atom is -0.371 e. The van der Waals surface area contributed by atoms with Crippen molar-refractivity contribution in [2.75, 3.05) is 6.61 Å². The Balaban J connectivity index is 1.56. The van der Waals surface area contributed by atoms with Crippen LogP contribution in [0, 0.1) is 0 Å². The summed E-state index contributed by atoms with van der Waals surface area (Å²) in [5.41, 5.74) is 0.954. The first kappa shape index (κ1) is 15.1. The summed E-state index contributed by atoms with van der Waals surface area (Å²) in [7, 11) is 0. The maximum absolute atomic E-state index is 12.8. The zero-order chi connectivity index (χ0) is 15.6. The molecule has 3 rings (SSSR count). The lowest BCUT2D eigenvalue weighted by Crippen LogP contribution is -2.55. The average Bonchev–Trinajstić information content (AvgIpc) is 2.47. The molecule has 0 bridgehead atoms. The second kappa shape index (κ2) is 6.16. The molecule has 2 atom stereocenters. The number of pyridine rings is 1. The summed E-state index contributed by atoms with van der Waals surface area (Å²) >= 11 is 0. The van der Waals surface area contributed by atoms with Crippen molar-refractivity contribution in [2.45, 2.75) is 49.8 Å². The lowest BCUT2D eigenvalue weighted by Gasteiger charge is -2.37. The van der Waals surface area contributed by atoms with Crippen LogP contribution in [0.2, 0.25) is 0 Å². The van der Waals surface area contributed by atoms with E-state index in [1.165, 1.54) is 0 Å². The quantitative estimate of drug-likeness (QED) is 0.901. The molecule has 1 saturated heterocycles. The van der Waals surface area contributed by atoms with Crippen molar-refractivity contribution in [2.24, 2.45) is 0 Å². The number of nitrogens with one attached hydrogen (secondary N) is 2. The number of hydrogen-bond acceptors (Lipinski definition) is 3. The van der Waals surface area contributed by atoms with Crippen LogP contribution < -0.4 is 10.6 Å². The van der Waals surface area contributed by atoms with Crippen LogP contribution in [0.5, 0.6) is 0 Å². The van der Waals surface area contributed by atoms with Crippen LogP contribution >= 0.6 is 0 Å². The molecule has 0 unspecified atom stereocenters. The van der Waals surface area contributed by atoms with Crippen molar-refractivity contribution in [3.05, 3.63) is 30.1 Å². The van der Waals surface area contributed by atoms with E-state index < -0.39 is 18.0 Å². The third-order valence-corrected chi connectivity index (χ3v) is 4.10. The monoisotopic (exact) mass is 311 g/mol. The maximum atomic E-state index is 12.8. The Hall–Kier alpha value is -1.76. The summed E-state index contributed by atoms with van der Waals surface area (Å²) in [4.78, 5) is 15.9. The van der Waals surface area contributed by atoms with Crippen molar-refractivity contribution in [3.63, 3.8) is 0 Å². The molecule has 1 saturated carbocycles. The predicted octanol–water partition coefficient (Wildman–Crippen LogP) is 2.40. The summed E-state index contributed by atoms with van der Waals surface area (Å²) in [6.07, 6.45) is 4.22. The number of alkyl halides is 2. The molecule has 2 aliphatic rings. The van der Waals surface area contributed by atoms with E-state index in [4.69, 9.17) is 4.74 Å². The molecule has 1 aliphatic carbocycles. The predicted molar refractivity (Wildman–Crippen MR) is 75.6 cm³/mol. The van der Waals surface area contributed by atoms with Gasteiger partial charge in [0.1, 0.15) is 6.10 Å². The molecule has 0 radical (unpaired) electrons. The van der Waals surface area contributed by atoms with E-state index in [9.17, 15) is 13.6 Å². The van der Waals surface area contributed by atoms with Gasteiger partial charge in [0.2, 0.25) is 0 Å². The minimum atomic E-state index is -2.63. The van der Waals surface area contributed by atoms with E-state index in [1.807, 2.05) is 12.1 Å². The smallest absolute Gasteiger partial charge is 0.315 e. The van der Waals surface area contributed by atoms with Gasteiger partial charge in [-0.05, 0) is 30.5 Å². The maximum Gasteiger partial charge on any atom is 0.315 e. The van der Waals surface area contributed by atoms with Gasteiger partial charge in [-0.3, -0.25) is 4.98 Å². The lowest BCUT2D eigenvalue weighted by molar-refractivity contribution is -0.0899. The van der Waals surface area contributed by atoms with Gasteiger partial charge in [-0.25, -0.2) is 13.6 Å². The highest BCUT2D eigenvalue weighted by Crippen LogP contribution is 2.37. The van der Waals surface area contributed by atoms with Crippen LogP contribution in [0.4, 0.5) is 13.6 Å². The molecule has 2 heterocycles. The molecule has 2 amide bonds. The molecule has 0 aromatic carbocycles. The highest BCUT2D eigenvalue weighted by molar-refractivity contribution is 5.74. The third kappa shape index (κ3) is 3.52. The first-order chi connectivity index (χ1) is 10.5. The number of urea groups is 1. The number of carbonyl (C=O) groups excluding carboxylic acids is 1. The molecule has 5 nitrogen and oxygen atoms in total. The van der Waals surface area contributed by atoms with E-state index in [0.717, 1.165) is 18.4 Å². The lowest BCUT2D eigenvalue weighted by atomic mass is 9.88. The molecule has 22 heavy (non-hydrogen) atoms. The fourth-order valence-corrected chi connectivity index (χ4v) is 2.97. The van der Waals surface area contributed by atoms with E-state index in [1.54, 1.807) is 12.4 Å². The number of aromatic nitrogens is 1. The van der Waals surface area contributed by atoms with Crippen LogP contribution in [-0.2, 0) is 4.74 Å². The van der Waals surface area contributed by atoms with Gasteiger partial charge >= 0.3 is 6.03 Å². The van der Waals surface area contributed by atoms with Crippen LogP contribution in [0.15, 0.2) is 24.5 Å². The van der Waals surface area contributed by atoms with Gasteiger partial charge in [0.05, 0.1) is 6.04 Å². The van der Waals surface area contributed by atoms with Gasteiger partial charge in [-0.15, -0.1) is 0 Å². The topological polar surface area (TPSA) is 63.2 Å². The standard InChI is InChI=1S/C15H19F2N3O2/c16-15(17)8-11(9-15)19-14(21)20-12-2-1-7-22-13(12)10-3-5-18-6-4-10/h3-6,11-13H,1-2,7-9H2,(H2,19,20,21)/t12-,13+/m0/s1. The molecular formula is C15H19F2N3O2. The van der Waals surface area contributed by atoms with Crippen LogP contribution in [0.25, 0.3) is 0 Å². The Morgan fingerprint density at radius 1 is 1.27 bits per heavy atom. The highest BCUT2D eigenvalue weighted by atomic mass is 19.3. The Labute approximate surface area is 127 Å². The molecule has 2 N–H and O–H groups in total. The fraction of sp³-hybridized carbons (Fsp3) is 0.600. The number of halogens is 2. The first-order valence-electron chi connectivity index (χ1n) is 7.50. The zero-order valence-corrected chi connectivity index (χ0v) is 12.1. The highest BCUT2D eigenvalue weighted by Gasteiger charge is 2.46. The first-order valence-corrected chi connectivity index (χ1v) is 7.50. The normalized spacial score (nSPS) is 27.7. The van der Waals surface area contributed by atoms with Crippen LogP contribution in [-0.4, -0.2) is 35.6 Å². The van der Waals surface area contributed by atoms with Gasteiger partial charge in [0, 0.05) is 37.9 Å². The van der Waals surface area contributed by atoms with Crippen LogP contribution in [0.3, 0.4) is 0 Å². The largest absolute Gasteiger partial charge is 0.371 e. The Morgan fingerprint density at radius 2 is 2.00 bits per heavy atom. The molecular weight excluding hydrogens is 292 g/mol. The number of nitrogens with zero attached hydrogens (tertiary/aromatic N) is 1. The third-order valence-electron chi connectivity index (χ3n) is 4.10. The summed E-state index contributed by atoms with van der Waals surface area (Å²) in [6, 6.07) is 2.69. The summed E-state index contributed by atoms with van der Waals surface area (Å²) in [6.45, 7) is 0.641. The fourth-order valence-electron chi connectivity index (χ4n) is 2.97. The molecule has 1 aromatic heterocycles. The van der Waals surface area contributed by atoms with Crippen molar-refractivity contribution < 1.29 is 18.3 Å². The summed E-state index contributed by atoms with van der Waals surface area (Å²) < 4.78 is 31.3. The number of amides is 2. The van der Waals surface area contributed by atoms with E-state index in [0.29, 0.717) is 6.61 Å². The molecule has 120 valence electrons. The second-order valence-corrected chi connectivity index (χ2v) is 5.90. The molecule has 1 aromatic rings. The van der Waals surface area contributed by atoms with Gasteiger partial charge < -0.3 is 15.4 Å². The molecule has 0 spiro atoms. The SMILES string of the molecule is O=C(NC1CC(F)(F)C1)N[C@H]1CCCO[C@@H]1c1ccncc1. The van der Waals surface area contributed by atoms with Crippen molar-refractivity contribution in [3.8, 4) is 0 Å². The van der Waals surface area contributed by atoms with Gasteiger partial charge in [0.15, 0.2) is 0 Å². The van der Waals surface area contributed by atoms with Gasteiger partial charge in [0.25, 0.3) is 5.92 Å². The van der Waals surface area contributed by atoms with Crippen molar-refractivity contribution in [1.29, 1.82) is 0 Å². The van der Waals surface area contributed by atoms with E-state index >= 15 is 0 Å². The molecule has 2 fully saturated rings. The molecule has 7 heteroatoms. The number of rotatable bonds is 3. The Bertz CT molecular complexity index is 519. The Kier molecular flexibility index (Phi) is 4.24. The summed E-state index contributed by atoms with van der Waals surface area (Å²) in [5, 5.41) is 5.45. The summed E-state index contributed by atoms with van der Waals surface area (Å²) in [5.74, 6) is -2.63. The number of hydrogen-bond donors (Lipinski definition) is 2. The van der Waals surface area contributed by atoms with E-state index in [-0.39, 0.29) is 25.0 Å². The van der Waals surface area contributed by atoms with Crippen molar-refractivity contribution in [1.82, 2.24) is 15.6 Å². The average molecular weight is 311 g/mol. The molecule has 1 aliphatic heterocycles. The van der Waals surface area contributed by atoms with Crippen molar-refractivity contribution >= 4 is 6.03 Å². The van der Waals surface area contributed by atoms with Gasteiger partial charge in [-0.2, -0.15) is 0 Å². The number of carbonyl (C=O) groups is 1. The van der Waals surface area contributed by atoms with Gasteiger partial charge in [-0.1, -0.05) is 0 Å². The second-order valence-electron chi connectivity index (χ2n) is 5.90. The van der Waals surface area contributed by atoms with E-state index in [2.05, 4.69) is 15.6 Å². The Morgan fingerprint density at radius 3 is 2.68 bits per heavy atom. The number of ether oxygens (including phenoxy) is 1. The minimum absolute atomic E-state index is 0.170.